The molecule has 4 aromatic rings. The van der Waals surface area contributed by atoms with E-state index in [4.69, 9.17) is 40.1 Å². The second-order valence-corrected chi connectivity index (χ2v) is 19.1. The lowest BCUT2D eigenvalue weighted by Crippen LogP contribution is -2.54. The molecule has 1 saturated heterocycles. The number of anilines is 2. The van der Waals surface area contributed by atoms with Crippen LogP contribution in [0, 0.1) is 12.8 Å². The molecule has 7 N–H and O–H groups in total. The van der Waals surface area contributed by atoms with Crippen molar-refractivity contribution in [2.75, 3.05) is 44.0 Å². The number of carbonyl (C=O) groups excluding carboxylic acids is 1. The normalized spacial score (nSPS) is 25.1. The van der Waals surface area contributed by atoms with Gasteiger partial charge in [0, 0.05) is 96.8 Å². The van der Waals surface area contributed by atoms with E-state index >= 15 is 0 Å². The van der Waals surface area contributed by atoms with Gasteiger partial charge in [0.15, 0.2) is 11.0 Å². The molecule has 0 aliphatic carbocycles. The Balaban J connectivity index is 1.08. The van der Waals surface area contributed by atoms with Gasteiger partial charge in [-0.05, 0) is 70.0 Å². The smallest absolute Gasteiger partial charge is 0.341 e. The number of hydrogen-bond donors (Lipinski definition) is 5. The largest absolute Gasteiger partial charge is 0.507 e. The van der Waals surface area contributed by atoms with Crippen LogP contribution in [0.1, 0.15) is 54.3 Å². The number of nitrogens with two attached hydrogens (primary N) is 2. The van der Waals surface area contributed by atoms with Crippen molar-refractivity contribution in [3.8, 4) is 22.8 Å². The maximum absolute atomic E-state index is 14.8. The molecule has 15 nitrogen and oxygen atoms in total. The van der Waals surface area contributed by atoms with Crippen molar-refractivity contribution >= 4 is 56.4 Å². The number of hydrogen-bond acceptors (Lipinski definition) is 17. The number of nitrogens with one attached hydrogen (secondary N) is 1. The van der Waals surface area contributed by atoms with Crippen LogP contribution in [0.3, 0.4) is 0 Å². The van der Waals surface area contributed by atoms with Gasteiger partial charge in [-0.25, -0.2) is 14.8 Å². The predicted molar refractivity (Wildman–Crippen MR) is 236 cm³/mol. The Morgan fingerprint density at radius 2 is 1.95 bits per heavy atom. The summed E-state index contributed by atoms with van der Waals surface area (Å²) < 4.78 is 25.6. The summed E-state index contributed by atoms with van der Waals surface area (Å²) in [7, 11) is 5.03. The quantitative estimate of drug-likeness (QED) is 0.0939. The minimum atomic E-state index is -1.36. The molecule has 0 spiro atoms. The van der Waals surface area contributed by atoms with Gasteiger partial charge in [-0.3, -0.25) is 9.79 Å². The lowest BCUT2D eigenvalue weighted by Gasteiger charge is -2.42. The van der Waals surface area contributed by atoms with Crippen LogP contribution in [-0.4, -0.2) is 93.2 Å². The fourth-order valence-electron chi connectivity index (χ4n) is 9.17. The van der Waals surface area contributed by atoms with Crippen LogP contribution in [0.5, 0.6) is 11.5 Å². The standard InChI is InChI=1S/C44H49N7O8S2/c1-23-12-33(53)39-35(56-23)17-34-29(40(39)54)16-37-43(2,58-34)8-11-60-61-22-30-28(15-27(49-41(30)46)20-51-19-25-6-9-48-32(25)21-51)31-13-24(14-38(45)50-31)4-5-36-44(59-36,42(55)57-37)26(7-10-52)18-47-3/h6,9,12-15,17,21,26,36-37,47,52,54H,4-5,7-8,10-11,16,18-20,22H2,1-3H3,(H2,45,50)(H2,46,49)/t26-,36-,37-,43+,44+/m1/s1. The molecule has 5 aliphatic heterocycles. The maximum Gasteiger partial charge on any atom is 0.341 e. The Kier molecular flexibility index (Phi) is 11.0. The van der Waals surface area contributed by atoms with Gasteiger partial charge in [-0.2, -0.15) is 0 Å². The second-order valence-electron chi connectivity index (χ2n) is 16.5. The number of ether oxygens (including phenoxy) is 3. The highest BCUT2D eigenvalue weighted by atomic mass is 33.1. The zero-order valence-electron chi connectivity index (χ0n) is 34.2. The molecule has 0 unspecified atom stereocenters. The molecule has 1 aromatic carbocycles. The number of nitrogens with zero attached hydrogens (tertiary/aromatic N) is 4. The molecular weight excluding hydrogens is 819 g/mol. The highest BCUT2D eigenvalue weighted by Crippen LogP contribution is 2.51. The molecule has 3 aromatic heterocycles. The van der Waals surface area contributed by atoms with Gasteiger partial charge >= 0.3 is 5.97 Å². The number of benzene rings is 1. The average Bonchev–Trinajstić information content (AvgIpc) is 3.58. The third kappa shape index (κ3) is 7.75. The van der Waals surface area contributed by atoms with Gasteiger partial charge in [0.25, 0.3) is 0 Å². The number of fused-ring (bicyclic) bond motifs is 9. The average molecular weight is 868 g/mol. The van der Waals surface area contributed by atoms with Crippen LogP contribution in [0.2, 0.25) is 0 Å². The SMILES string of the molecule is CNC[C@@H](CCO)[C@]12O[C@@H]1CCc1cc(N)nc(c1)-c1cc(CN3C=C4N=CC=C4C3)nc(N)c1CSSCC[C@]1(C)Oc3cc4oc(C)cc(=O)c4c(O)c3C[C@H]1OC2=O. The number of nitrogen functional groups attached to an aromatic ring is 2. The van der Waals surface area contributed by atoms with Crippen LogP contribution in [0.25, 0.3) is 22.2 Å². The van der Waals surface area contributed by atoms with E-state index in [0.29, 0.717) is 84.7 Å². The van der Waals surface area contributed by atoms with Crippen LogP contribution in [-0.2, 0) is 39.4 Å². The molecule has 2 bridgehead atoms. The number of rotatable bonds is 7. The number of aliphatic imine (C=N–C) groups is 1. The lowest BCUT2D eigenvalue weighted by atomic mass is 9.83. The topological polar surface area (TPSA) is 224 Å². The zero-order valence-corrected chi connectivity index (χ0v) is 35.9. The first-order valence-corrected chi connectivity index (χ1v) is 23.0. The van der Waals surface area contributed by atoms with Crippen molar-refractivity contribution in [1.82, 2.24) is 20.2 Å². The van der Waals surface area contributed by atoms with Gasteiger partial charge in [0.05, 0.1) is 29.7 Å². The van der Waals surface area contributed by atoms with Crippen molar-refractivity contribution < 1.29 is 33.6 Å². The van der Waals surface area contributed by atoms with Crippen molar-refractivity contribution in [2.24, 2.45) is 10.9 Å². The van der Waals surface area contributed by atoms with Gasteiger partial charge in [0.2, 0.25) is 0 Å². The number of aliphatic hydroxyl groups excluding tert-OH is 1. The second kappa shape index (κ2) is 16.3. The number of aryl methyl sites for hydroxylation is 2. The van der Waals surface area contributed by atoms with E-state index in [1.54, 1.807) is 41.6 Å². The Morgan fingerprint density at radius 1 is 1.10 bits per heavy atom. The number of carbonyl (C=O) groups is 1. The Labute approximate surface area is 360 Å². The summed E-state index contributed by atoms with van der Waals surface area (Å²) in [6.07, 6.45) is 6.26. The number of phenols is 1. The zero-order chi connectivity index (χ0) is 42.6. The lowest BCUT2D eigenvalue weighted by molar-refractivity contribution is -0.171. The van der Waals surface area contributed by atoms with E-state index < -0.39 is 35.3 Å². The molecule has 8 heterocycles. The van der Waals surface area contributed by atoms with E-state index in [1.807, 2.05) is 37.5 Å². The van der Waals surface area contributed by atoms with Crippen molar-refractivity contribution in [1.29, 1.82) is 0 Å². The van der Waals surface area contributed by atoms with Gasteiger partial charge in [-0.15, -0.1) is 0 Å². The molecule has 320 valence electrons. The van der Waals surface area contributed by atoms with Crippen LogP contribution in [0.15, 0.2) is 68.1 Å². The van der Waals surface area contributed by atoms with E-state index in [9.17, 15) is 19.8 Å². The summed E-state index contributed by atoms with van der Waals surface area (Å²) in [5.41, 5.74) is 17.3. The van der Waals surface area contributed by atoms with E-state index in [-0.39, 0.29) is 35.2 Å². The minimum absolute atomic E-state index is 0.0400. The number of aliphatic hydroxyl groups is 1. The maximum atomic E-state index is 14.8. The number of phenolic OH excluding ortho intramolecular Hbond substituents is 1. The summed E-state index contributed by atoms with van der Waals surface area (Å²) in [6, 6.07) is 8.87. The number of pyridine rings is 2. The first-order chi connectivity index (χ1) is 29.4. The number of aromatic nitrogens is 2. The first-order valence-electron chi connectivity index (χ1n) is 20.5. The summed E-state index contributed by atoms with van der Waals surface area (Å²) in [5, 5.41) is 24.9. The Hall–Kier alpha value is -5.07. The van der Waals surface area contributed by atoms with Crippen LogP contribution in [0.4, 0.5) is 11.6 Å². The molecule has 1 fully saturated rings. The molecule has 17 heteroatoms. The highest BCUT2D eigenvalue weighted by molar-refractivity contribution is 8.76. The fraction of sp³-hybridized carbons (Fsp3) is 0.432. The monoisotopic (exact) mass is 867 g/mol. The third-order valence-electron chi connectivity index (χ3n) is 12.4. The summed E-state index contributed by atoms with van der Waals surface area (Å²) >= 11 is 0. The van der Waals surface area contributed by atoms with E-state index in [1.165, 1.54) is 11.6 Å². The molecule has 0 saturated carbocycles. The van der Waals surface area contributed by atoms with Crippen LogP contribution >= 0.6 is 21.6 Å². The summed E-state index contributed by atoms with van der Waals surface area (Å²) in [6.45, 7) is 5.07. The minimum Gasteiger partial charge on any atom is -0.507 e. The molecule has 5 atom stereocenters. The third-order valence-corrected chi connectivity index (χ3v) is 14.7. The molecule has 0 radical (unpaired) electrons. The summed E-state index contributed by atoms with van der Waals surface area (Å²) in [4.78, 5) is 44.1. The Morgan fingerprint density at radius 3 is 2.75 bits per heavy atom. The predicted octanol–water partition coefficient (Wildman–Crippen LogP) is 4.98. The van der Waals surface area contributed by atoms with Crippen LogP contribution < -0.4 is 26.9 Å². The van der Waals surface area contributed by atoms with Crippen molar-refractivity contribution in [2.45, 2.75) is 81.7 Å². The molecule has 61 heavy (non-hydrogen) atoms. The number of aromatic hydroxyl groups is 1. The Bertz CT molecular complexity index is 2580. The number of allylic oxidation sites excluding steroid dienone is 1. The van der Waals surface area contributed by atoms with Gasteiger partial charge < -0.3 is 50.5 Å². The number of epoxide rings is 1. The van der Waals surface area contributed by atoms with E-state index in [0.717, 1.165) is 34.6 Å². The summed E-state index contributed by atoms with van der Waals surface area (Å²) in [5.74, 6) is 1.39. The molecular formula is C44H49N7O8S2. The molecule has 5 aliphatic rings. The highest BCUT2D eigenvalue weighted by Gasteiger charge is 2.68. The van der Waals surface area contributed by atoms with Gasteiger partial charge in [-0.1, -0.05) is 21.6 Å². The van der Waals surface area contributed by atoms with Crippen molar-refractivity contribution in [3.05, 3.63) is 92.2 Å². The first kappa shape index (κ1) is 41.3. The number of esters is 1. The molecule has 0 amide bonds. The van der Waals surface area contributed by atoms with Gasteiger partial charge in [0.1, 0.15) is 51.6 Å². The fourth-order valence-corrected chi connectivity index (χ4v) is 11.5. The molecule has 9 rings (SSSR count). The van der Waals surface area contributed by atoms with Crippen molar-refractivity contribution in [3.63, 3.8) is 0 Å². The van der Waals surface area contributed by atoms with E-state index in [2.05, 4.69) is 21.3 Å².